The normalized spacial score (nSPS) is 11.5. The highest BCUT2D eigenvalue weighted by atomic mass is 19.4. The zero-order valence-corrected chi connectivity index (χ0v) is 10.9. The number of hydrogen-bond acceptors (Lipinski definition) is 3. The lowest BCUT2D eigenvalue weighted by Crippen LogP contribution is -2.08. The summed E-state index contributed by atoms with van der Waals surface area (Å²) in [6.45, 7) is -0.831. The predicted octanol–water partition coefficient (Wildman–Crippen LogP) is 3.48. The quantitative estimate of drug-likeness (QED) is 0.908. The number of rotatable bonds is 4. The average Bonchev–Trinajstić information content (AvgIpc) is 2.47. The molecule has 0 spiro atoms. The number of benzene rings is 2. The van der Waals surface area contributed by atoms with Crippen LogP contribution in [-0.4, -0.2) is 10.2 Å². The summed E-state index contributed by atoms with van der Waals surface area (Å²) in [6, 6.07) is 9.64. The van der Waals surface area contributed by atoms with E-state index in [0.29, 0.717) is 5.56 Å². The Morgan fingerprint density at radius 3 is 2.24 bits per heavy atom. The molecular formula is C15H13F3O3. The molecule has 0 radical (unpaired) electrons. The largest absolute Gasteiger partial charge is 0.456 e. The van der Waals surface area contributed by atoms with Crippen LogP contribution < -0.4 is 4.74 Å². The Kier molecular flexibility index (Phi) is 4.50. The molecule has 0 aliphatic heterocycles. The monoisotopic (exact) mass is 298 g/mol. The minimum Gasteiger partial charge on any atom is -0.456 e. The van der Waals surface area contributed by atoms with E-state index in [4.69, 9.17) is 9.84 Å². The Bertz CT molecular complexity index is 624. The number of ether oxygens (including phenoxy) is 1. The Hall–Kier alpha value is -2.05. The Morgan fingerprint density at radius 2 is 1.62 bits per heavy atom. The molecule has 2 aromatic rings. The van der Waals surface area contributed by atoms with Gasteiger partial charge in [-0.25, -0.2) is 0 Å². The molecule has 2 aromatic carbocycles. The summed E-state index contributed by atoms with van der Waals surface area (Å²) in [7, 11) is 0. The number of alkyl halides is 3. The van der Waals surface area contributed by atoms with Crippen molar-refractivity contribution in [2.24, 2.45) is 0 Å². The summed E-state index contributed by atoms with van der Waals surface area (Å²) in [5, 5.41) is 18.1. The highest BCUT2D eigenvalue weighted by molar-refractivity contribution is 5.44. The molecule has 0 aliphatic rings. The molecule has 0 unspecified atom stereocenters. The summed E-state index contributed by atoms with van der Waals surface area (Å²) in [6.07, 6.45) is -4.60. The second-order valence-electron chi connectivity index (χ2n) is 4.35. The van der Waals surface area contributed by atoms with Crippen LogP contribution in [0.1, 0.15) is 16.7 Å². The van der Waals surface area contributed by atoms with Crippen molar-refractivity contribution in [3.63, 3.8) is 0 Å². The number of aliphatic hydroxyl groups excluding tert-OH is 2. The van der Waals surface area contributed by atoms with Crippen LogP contribution in [0, 0.1) is 0 Å². The fourth-order valence-electron chi connectivity index (χ4n) is 1.84. The van der Waals surface area contributed by atoms with Gasteiger partial charge in [-0.1, -0.05) is 24.3 Å². The van der Waals surface area contributed by atoms with E-state index in [2.05, 4.69) is 0 Å². The van der Waals surface area contributed by atoms with Crippen LogP contribution in [-0.2, 0) is 19.4 Å². The van der Waals surface area contributed by atoms with E-state index in [1.54, 1.807) is 18.2 Å². The number of hydrogen-bond donors (Lipinski definition) is 2. The van der Waals surface area contributed by atoms with Crippen LogP contribution >= 0.6 is 0 Å². The van der Waals surface area contributed by atoms with Gasteiger partial charge in [-0.05, 0) is 23.8 Å². The number of para-hydroxylation sites is 1. The molecule has 0 heterocycles. The van der Waals surface area contributed by atoms with Crippen LogP contribution in [0.15, 0.2) is 42.5 Å². The van der Waals surface area contributed by atoms with Crippen molar-refractivity contribution in [2.45, 2.75) is 19.4 Å². The van der Waals surface area contributed by atoms with E-state index in [1.807, 2.05) is 0 Å². The summed E-state index contributed by atoms with van der Waals surface area (Å²) in [5.41, 5.74) is -0.441. The van der Waals surface area contributed by atoms with Crippen molar-refractivity contribution in [3.8, 4) is 11.5 Å². The van der Waals surface area contributed by atoms with Gasteiger partial charge < -0.3 is 14.9 Å². The zero-order valence-electron chi connectivity index (χ0n) is 10.9. The summed E-state index contributed by atoms with van der Waals surface area (Å²) in [4.78, 5) is 0. The third kappa shape index (κ3) is 3.53. The second kappa shape index (κ2) is 6.15. The Balaban J connectivity index is 2.44. The molecule has 3 nitrogen and oxygen atoms in total. The molecule has 0 aromatic heterocycles. The Morgan fingerprint density at radius 1 is 0.905 bits per heavy atom. The third-order valence-corrected chi connectivity index (χ3v) is 2.89. The van der Waals surface area contributed by atoms with Crippen LogP contribution in [0.3, 0.4) is 0 Å². The van der Waals surface area contributed by atoms with E-state index in [-0.39, 0.29) is 23.7 Å². The summed E-state index contributed by atoms with van der Waals surface area (Å²) < 4.78 is 44.4. The third-order valence-electron chi connectivity index (χ3n) is 2.89. The van der Waals surface area contributed by atoms with Crippen LogP contribution in [0.2, 0.25) is 0 Å². The maximum Gasteiger partial charge on any atom is 0.419 e. The van der Waals surface area contributed by atoms with Gasteiger partial charge in [-0.3, -0.25) is 0 Å². The first kappa shape index (κ1) is 15.3. The zero-order chi connectivity index (χ0) is 15.5. The molecule has 21 heavy (non-hydrogen) atoms. The van der Waals surface area contributed by atoms with Crippen molar-refractivity contribution in [3.05, 3.63) is 59.2 Å². The van der Waals surface area contributed by atoms with Crippen LogP contribution in [0.4, 0.5) is 13.2 Å². The highest BCUT2D eigenvalue weighted by Gasteiger charge is 2.35. The molecule has 0 bridgehead atoms. The lowest BCUT2D eigenvalue weighted by molar-refractivity contribution is -0.138. The first-order chi connectivity index (χ1) is 9.95. The van der Waals surface area contributed by atoms with Gasteiger partial charge in [0.1, 0.15) is 11.5 Å². The predicted molar refractivity (Wildman–Crippen MR) is 69.8 cm³/mol. The second-order valence-corrected chi connectivity index (χ2v) is 4.35. The van der Waals surface area contributed by atoms with E-state index >= 15 is 0 Å². The van der Waals surface area contributed by atoms with Crippen LogP contribution in [0.5, 0.6) is 11.5 Å². The van der Waals surface area contributed by atoms with Crippen molar-refractivity contribution in [2.75, 3.05) is 0 Å². The molecule has 0 atom stereocenters. The van der Waals surface area contributed by atoms with Gasteiger partial charge in [0.25, 0.3) is 0 Å². The molecule has 0 amide bonds. The standard InChI is InChI=1S/C15H13F3O3/c16-15(17,18)12-7-10(8-19)5-6-14(12)21-13-4-2-1-3-11(13)9-20/h1-7,19-20H,8-9H2. The lowest BCUT2D eigenvalue weighted by atomic mass is 10.1. The fourth-order valence-corrected chi connectivity index (χ4v) is 1.84. The summed E-state index contributed by atoms with van der Waals surface area (Å²) >= 11 is 0. The van der Waals surface area contributed by atoms with Crippen molar-refractivity contribution in [1.29, 1.82) is 0 Å². The number of aliphatic hydroxyl groups is 2. The molecule has 2 N–H and O–H groups in total. The number of halogens is 3. The van der Waals surface area contributed by atoms with Gasteiger partial charge in [0.15, 0.2) is 0 Å². The first-order valence-electron chi connectivity index (χ1n) is 6.13. The topological polar surface area (TPSA) is 49.7 Å². The average molecular weight is 298 g/mol. The van der Waals surface area contributed by atoms with Gasteiger partial charge >= 0.3 is 6.18 Å². The lowest BCUT2D eigenvalue weighted by Gasteiger charge is -2.16. The van der Waals surface area contributed by atoms with E-state index < -0.39 is 18.3 Å². The van der Waals surface area contributed by atoms with Crippen LogP contribution in [0.25, 0.3) is 0 Å². The van der Waals surface area contributed by atoms with Gasteiger partial charge in [-0.15, -0.1) is 0 Å². The minimum atomic E-state index is -4.60. The smallest absolute Gasteiger partial charge is 0.419 e. The molecule has 6 heteroatoms. The molecule has 0 aliphatic carbocycles. The first-order valence-corrected chi connectivity index (χ1v) is 6.13. The maximum absolute atomic E-state index is 13.0. The van der Waals surface area contributed by atoms with E-state index in [9.17, 15) is 18.3 Å². The Labute approximate surface area is 119 Å². The van der Waals surface area contributed by atoms with Crippen molar-refractivity contribution in [1.82, 2.24) is 0 Å². The molecular weight excluding hydrogens is 285 g/mol. The maximum atomic E-state index is 13.0. The van der Waals surface area contributed by atoms with Gasteiger partial charge in [0.2, 0.25) is 0 Å². The van der Waals surface area contributed by atoms with Gasteiger partial charge in [-0.2, -0.15) is 13.2 Å². The molecule has 0 saturated heterocycles. The molecule has 0 fully saturated rings. The summed E-state index contributed by atoms with van der Waals surface area (Å²) in [5.74, 6) is -0.220. The van der Waals surface area contributed by atoms with Crippen molar-refractivity contribution < 1.29 is 28.1 Å². The molecule has 2 rings (SSSR count). The van der Waals surface area contributed by atoms with Crippen molar-refractivity contribution >= 4 is 0 Å². The highest BCUT2D eigenvalue weighted by Crippen LogP contribution is 2.39. The van der Waals surface area contributed by atoms with Gasteiger partial charge in [0, 0.05) is 5.56 Å². The molecule has 0 saturated carbocycles. The SMILES string of the molecule is OCc1ccc(Oc2ccccc2CO)c(C(F)(F)F)c1. The minimum absolute atomic E-state index is 0.144. The van der Waals surface area contributed by atoms with Gasteiger partial charge in [0.05, 0.1) is 18.8 Å². The fraction of sp³-hybridized carbons (Fsp3) is 0.200. The molecule has 112 valence electrons. The van der Waals surface area contributed by atoms with E-state index in [1.165, 1.54) is 12.1 Å². The van der Waals surface area contributed by atoms with E-state index in [0.717, 1.165) is 12.1 Å².